The van der Waals surface area contributed by atoms with Gasteiger partial charge in [-0.15, -0.1) is 11.3 Å². The maximum Gasteiger partial charge on any atom is 0.345 e. The van der Waals surface area contributed by atoms with Gasteiger partial charge < -0.3 is 10.4 Å². The minimum absolute atomic E-state index is 0.0987. The molecule has 1 fully saturated rings. The van der Waals surface area contributed by atoms with Gasteiger partial charge >= 0.3 is 5.97 Å². The van der Waals surface area contributed by atoms with Crippen molar-refractivity contribution in [3.8, 4) is 0 Å². The van der Waals surface area contributed by atoms with Crippen LogP contribution in [0.25, 0.3) is 0 Å². The standard InChI is InChI=1S/C12H16N2O5S2/c1-21(18,19)14-6-2-3-8(7-14)13-11(15)9-4-5-10(20-9)12(16)17/h4-5,8H,2-3,6-7H2,1H3,(H,13,15)(H,16,17). The van der Waals surface area contributed by atoms with E-state index in [0.717, 1.165) is 17.6 Å². The number of nitrogens with one attached hydrogen (secondary N) is 1. The number of carbonyl (C=O) groups is 2. The lowest BCUT2D eigenvalue weighted by atomic mass is 10.1. The van der Waals surface area contributed by atoms with Crippen molar-refractivity contribution in [2.45, 2.75) is 18.9 Å². The molecule has 2 N–H and O–H groups in total. The fraction of sp³-hybridized carbons (Fsp3) is 0.500. The van der Waals surface area contributed by atoms with Crippen molar-refractivity contribution in [3.05, 3.63) is 21.9 Å². The second-order valence-electron chi connectivity index (χ2n) is 4.90. The first kappa shape index (κ1) is 15.9. The van der Waals surface area contributed by atoms with Gasteiger partial charge in [-0.05, 0) is 25.0 Å². The number of sulfonamides is 1. The zero-order valence-corrected chi connectivity index (χ0v) is 13.0. The molecule has 1 aliphatic heterocycles. The van der Waals surface area contributed by atoms with Crippen molar-refractivity contribution in [2.75, 3.05) is 19.3 Å². The van der Waals surface area contributed by atoms with Crippen LogP contribution in [0.5, 0.6) is 0 Å². The molecule has 1 saturated heterocycles. The SMILES string of the molecule is CS(=O)(=O)N1CCCC(NC(=O)c2ccc(C(=O)O)s2)C1. The van der Waals surface area contributed by atoms with Crippen molar-refractivity contribution in [3.63, 3.8) is 0 Å². The maximum atomic E-state index is 12.0. The molecule has 0 bridgehead atoms. The number of carboxylic acids is 1. The molecule has 0 aliphatic carbocycles. The number of amides is 1. The molecule has 7 nitrogen and oxygen atoms in total. The molecule has 116 valence electrons. The molecule has 9 heteroatoms. The predicted octanol–water partition coefficient (Wildman–Crippen LogP) is 0.600. The number of carbonyl (C=O) groups excluding carboxylic acids is 1. The summed E-state index contributed by atoms with van der Waals surface area (Å²) in [5.74, 6) is -1.44. The predicted molar refractivity (Wildman–Crippen MR) is 78.2 cm³/mol. The zero-order chi connectivity index (χ0) is 15.6. The van der Waals surface area contributed by atoms with E-state index in [0.29, 0.717) is 24.3 Å². The quantitative estimate of drug-likeness (QED) is 0.840. The summed E-state index contributed by atoms with van der Waals surface area (Å²) in [7, 11) is -3.26. The van der Waals surface area contributed by atoms with Gasteiger partial charge in [-0.3, -0.25) is 4.79 Å². The Balaban J connectivity index is 2.00. The molecule has 1 amide bonds. The summed E-state index contributed by atoms with van der Waals surface area (Å²) < 4.78 is 24.4. The fourth-order valence-corrected chi connectivity index (χ4v) is 3.85. The third-order valence-corrected chi connectivity index (χ3v) is 5.57. The largest absolute Gasteiger partial charge is 0.477 e. The van der Waals surface area contributed by atoms with Crippen LogP contribution < -0.4 is 5.32 Å². The molecule has 0 saturated carbocycles. The molecule has 0 spiro atoms. The minimum Gasteiger partial charge on any atom is -0.477 e. The van der Waals surface area contributed by atoms with Crippen LogP contribution in [-0.2, 0) is 10.0 Å². The van der Waals surface area contributed by atoms with Crippen molar-refractivity contribution in [1.29, 1.82) is 0 Å². The Morgan fingerprint density at radius 2 is 2.05 bits per heavy atom. The summed E-state index contributed by atoms with van der Waals surface area (Å²) in [4.78, 5) is 23.2. The maximum absolute atomic E-state index is 12.0. The first-order valence-electron chi connectivity index (χ1n) is 6.36. The van der Waals surface area contributed by atoms with Crippen LogP contribution in [0, 0.1) is 0 Å². The monoisotopic (exact) mass is 332 g/mol. The lowest BCUT2D eigenvalue weighted by Gasteiger charge is -2.31. The molecular formula is C12H16N2O5S2. The van der Waals surface area contributed by atoms with E-state index in [1.807, 2.05) is 0 Å². The van der Waals surface area contributed by atoms with Crippen molar-refractivity contribution >= 4 is 33.2 Å². The highest BCUT2D eigenvalue weighted by Crippen LogP contribution is 2.18. The number of rotatable bonds is 4. The number of piperidine rings is 1. The summed E-state index contributed by atoms with van der Waals surface area (Å²) in [6.45, 7) is 0.717. The lowest BCUT2D eigenvalue weighted by Crippen LogP contribution is -2.49. The average Bonchev–Trinajstić information content (AvgIpc) is 2.88. The van der Waals surface area contributed by atoms with Crippen LogP contribution in [0.2, 0.25) is 0 Å². The van der Waals surface area contributed by atoms with E-state index in [-0.39, 0.29) is 23.4 Å². The minimum atomic E-state index is -3.26. The number of hydrogen-bond acceptors (Lipinski definition) is 5. The molecule has 2 rings (SSSR count). The highest BCUT2D eigenvalue weighted by molar-refractivity contribution is 7.88. The molecule has 0 aromatic carbocycles. The Labute approximate surface area is 126 Å². The summed E-state index contributed by atoms with van der Waals surface area (Å²) in [5, 5.41) is 11.6. The van der Waals surface area contributed by atoms with Gasteiger partial charge in [0, 0.05) is 19.1 Å². The number of carboxylic acid groups (broad SMARTS) is 1. The normalized spacial score (nSPS) is 20.1. The molecule has 0 radical (unpaired) electrons. The van der Waals surface area contributed by atoms with E-state index in [2.05, 4.69) is 5.32 Å². The Morgan fingerprint density at radius 1 is 1.38 bits per heavy atom. The van der Waals surface area contributed by atoms with E-state index in [1.165, 1.54) is 16.4 Å². The summed E-state index contributed by atoms with van der Waals surface area (Å²) in [5.41, 5.74) is 0. The van der Waals surface area contributed by atoms with Gasteiger partial charge in [-0.1, -0.05) is 0 Å². The van der Waals surface area contributed by atoms with E-state index < -0.39 is 16.0 Å². The molecule has 1 atom stereocenters. The van der Waals surface area contributed by atoms with E-state index in [4.69, 9.17) is 5.11 Å². The van der Waals surface area contributed by atoms with Crippen LogP contribution in [0.1, 0.15) is 32.2 Å². The first-order valence-corrected chi connectivity index (χ1v) is 9.03. The van der Waals surface area contributed by atoms with Gasteiger partial charge in [0.05, 0.1) is 11.1 Å². The molecule has 1 unspecified atom stereocenters. The van der Waals surface area contributed by atoms with E-state index in [1.54, 1.807) is 0 Å². The number of aromatic carboxylic acids is 1. The molecule has 1 aliphatic rings. The molecule has 1 aromatic rings. The van der Waals surface area contributed by atoms with Gasteiger partial charge in [0.1, 0.15) is 4.88 Å². The van der Waals surface area contributed by atoms with Gasteiger partial charge in [0.25, 0.3) is 5.91 Å². The number of hydrogen-bond donors (Lipinski definition) is 2. The number of nitrogens with zero attached hydrogens (tertiary/aromatic N) is 1. The Morgan fingerprint density at radius 3 is 2.62 bits per heavy atom. The lowest BCUT2D eigenvalue weighted by molar-refractivity contribution is 0.0702. The average molecular weight is 332 g/mol. The highest BCUT2D eigenvalue weighted by atomic mass is 32.2. The van der Waals surface area contributed by atoms with E-state index >= 15 is 0 Å². The van der Waals surface area contributed by atoms with Crippen molar-refractivity contribution in [2.24, 2.45) is 0 Å². The van der Waals surface area contributed by atoms with Crippen LogP contribution >= 0.6 is 11.3 Å². The van der Waals surface area contributed by atoms with Crippen LogP contribution in [0.4, 0.5) is 0 Å². The van der Waals surface area contributed by atoms with Gasteiger partial charge in [0.15, 0.2) is 0 Å². The Kier molecular flexibility index (Phi) is 4.64. The Hall–Kier alpha value is -1.45. The molecule has 21 heavy (non-hydrogen) atoms. The smallest absolute Gasteiger partial charge is 0.345 e. The fourth-order valence-electron chi connectivity index (χ4n) is 2.19. The van der Waals surface area contributed by atoms with Crippen LogP contribution in [0.3, 0.4) is 0 Å². The van der Waals surface area contributed by atoms with Gasteiger partial charge in [0.2, 0.25) is 10.0 Å². The Bertz CT molecular complexity index is 652. The van der Waals surface area contributed by atoms with Gasteiger partial charge in [-0.2, -0.15) is 0 Å². The third-order valence-electron chi connectivity index (χ3n) is 3.23. The highest BCUT2D eigenvalue weighted by Gasteiger charge is 2.27. The van der Waals surface area contributed by atoms with Crippen molar-refractivity contribution in [1.82, 2.24) is 9.62 Å². The summed E-state index contributed by atoms with van der Waals surface area (Å²) in [6, 6.07) is 2.59. The first-order chi connectivity index (χ1) is 9.77. The second kappa shape index (κ2) is 6.12. The van der Waals surface area contributed by atoms with Crippen molar-refractivity contribution < 1.29 is 23.1 Å². The number of thiophene rings is 1. The van der Waals surface area contributed by atoms with Gasteiger partial charge in [-0.25, -0.2) is 17.5 Å². The third kappa shape index (κ3) is 4.02. The zero-order valence-electron chi connectivity index (χ0n) is 11.4. The summed E-state index contributed by atoms with van der Waals surface area (Å²) >= 11 is 0.901. The molecule has 1 aromatic heterocycles. The van der Waals surface area contributed by atoms with Crippen LogP contribution in [-0.4, -0.2) is 55.1 Å². The second-order valence-corrected chi connectivity index (χ2v) is 7.97. The molecule has 2 heterocycles. The molecular weight excluding hydrogens is 316 g/mol. The summed E-state index contributed by atoms with van der Waals surface area (Å²) in [6.07, 6.45) is 2.54. The van der Waals surface area contributed by atoms with Crippen LogP contribution in [0.15, 0.2) is 12.1 Å². The van der Waals surface area contributed by atoms with E-state index in [9.17, 15) is 18.0 Å². The topological polar surface area (TPSA) is 104 Å².